The molecule has 4 heterocycles. The predicted octanol–water partition coefficient (Wildman–Crippen LogP) is 1.22. The third-order valence-electron chi connectivity index (χ3n) is 7.20. The van der Waals surface area contributed by atoms with Crippen LogP contribution < -0.4 is 16.2 Å². The number of nitrogens with two attached hydrogens (primary N) is 2. The maximum absolute atomic E-state index is 12.6. The van der Waals surface area contributed by atoms with Crippen molar-refractivity contribution in [3.8, 4) is 11.4 Å². The number of anilines is 2. The molecule has 2 saturated heterocycles. The highest BCUT2D eigenvalue weighted by molar-refractivity contribution is 7.89. The largest absolute Gasteiger partial charge is 0.495 e. The first kappa shape index (κ1) is 25.6. The van der Waals surface area contributed by atoms with E-state index in [9.17, 15) is 8.42 Å². The molecule has 2 fully saturated rings. The van der Waals surface area contributed by atoms with Gasteiger partial charge in [0.1, 0.15) is 12.1 Å². The SMILES string of the molecule is COc1cc(C2CCN(CCCS(=O)(=O)N3CCOCC3)CC2)ccc1-n1cnc2c(N)nc(N)nc21. The molecule has 0 unspecified atom stereocenters. The summed E-state index contributed by atoms with van der Waals surface area (Å²) < 4.78 is 39.5. The number of morpholine rings is 1. The Morgan fingerprint density at radius 3 is 2.59 bits per heavy atom. The molecule has 0 saturated carbocycles. The van der Waals surface area contributed by atoms with Gasteiger partial charge in [0.15, 0.2) is 17.0 Å². The minimum absolute atomic E-state index is 0.0905. The number of methoxy groups -OCH3 is 1. The van der Waals surface area contributed by atoms with Crippen LogP contribution in [-0.2, 0) is 14.8 Å². The van der Waals surface area contributed by atoms with Gasteiger partial charge in [-0.1, -0.05) is 6.07 Å². The molecule has 0 spiro atoms. The van der Waals surface area contributed by atoms with Gasteiger partial charge in [0.2, 0.25) is 16.0 Å². The van der Waals surface area contributed by atoms with Gasteiger partial charge in [-0.2, -0.15) is 14.3 Å². The molecule has 5 rings (SSSR count). The summed E-state index contributed by atoms with van der Waals surface area (Å²) >= 11 is 0. The Balaban J connectivity index is 1.20. The number of ether oxygens (including phenoxy) is 2. The van der Waals surface area contributed by atoms with Gasteiger partial charge in [-0.05, 0) is 62.5 Å². The molecule has 0 aliphatic carbocycles. The molecule has 0 radical (unpaired) electrons. The minimum atomic E-state index is -3.20. The highest BCUT2D eigenvalue weighted by atomic mass is 32.2. The molecule has 200 valence electrons. The van der Waals surface area contributed by atoms with Crippen LogP contribution >= 0.6 is 0 Å². The normalized spacial score (nSPS) is 18.4. The van der Waals surface area contributed by atoms with Crippen LogP contribution in [0, 0.1) is 0 Å². The van der Waals surface area contributed by atoms with Gasteiger partial charge in [-0.15, -0.1) is 0 Å². The van der Waals surface area contributed by atoms with Crippen molar-refractivity contribution in [1.29, 1.82) is 0 Å². The molecule has 13 heteroatoms. The van der Waals surface area contributed by atoms with E-state index in [2.05, 4.69) is 32.0 Å². The van der Waals surface area contributed by atoms with Crippen LogP contribution in [0.15, 0.2) is 24.5 Å². The topological polar surface area (TPSA) is 155 Å². The zero-order valence-electron chi connectivity index (χ0n) is 21.0. The van der Waals surface area contributed by atoms with Crippen LogP contribution in [-0.4, -0.2) is 95.9 Å². The number of fused-ring (bicyclic) bond motifs is 1. The zero-order valence-corrected chi connectivity index (χ0v) is 21.9. The lowest BCUT2D eigenvalue weighted by Crippen LogP contribution is -2.42. The summed E-state index contributed by atoms with van der Waals surface area (Å²) in [5.41, 5.74) is 14.8. The fraction of sp³-hybridized carbons (Fsp3) is 0.542. The number of piperidine rings is 1. The number of hydrogen-bond acceptors (Lipinski definition) is 10. The highest BCUT2D eigenvalue weighted by Crippen LogP contribution is 2.34. The van der Waals surface area contributed by atoms with Crippen molar-refractivity contribution in [2.24, 2.45) is 0 Å². The van der Waals surface area contributed by atoms with Crippen molar-refractivity contribution in [2.75, 3.05) is 70.3 Å². The smallest absolute Gasteiger partial charge is 0.224 e. The van der Waals surface area contributed by atoms with Crippen LogP contribution in [0.4, 0.5) is 11.8 Å². The van der Waals surface area contributed by atoms with E-state index in [1.54, 1.807) is 22.3 Å². The number of rotatable bonds is 8. The third kappa shape index (κ3) is 5.49. The zero-order chi connectivity index (χ0) is 26.0. The average molecular weight is 531 g/mol. The van der Waals surface area contributed by atoms with Crippen LogP contribution in [0.2, 0.25) is 0 Å². The van der Waals surface area contributed by atoms with E-state index in [-0.39, 0.29) is 17.5 Å². The van der Waals surface area contributed by atoms with Crippen molar-refractivity contribution in [3.05, 3.63) is 30.1 Å². The number of nitrogen functional groups attached to an aromatic ring is 2. The lowest BCUT2D eigenvalue weighted by atomic mass is 9.89. The number of hydrogen-bond donors (Lipinski definition) is 2. The number of benzene rings is 1. The molecule has 4 N–H and O–H groups in total. The number of sulfonamides is 1. The highest BCUT2D eigenvalue weighted by Gasteiger charge is 2.26. The van der Waals surface area contributed by atoms with Crippen molar-refractivity contribution >= 4 is 33.0 Å². The van der Waals surface area contributed by atoms with Gasteiger partial charge >= 0.3 is 0 Å². The number of likely N-dealkylation sites (tertiary alicyclic amines) is 1. The number of nitrogens with zero attached hydrogens (tertiary/aromatic N) is 6. The van der Waals surface area contributed by atoms with Gasteiger partial charge in [0.05, 0.1) is 31.8 Å². The van der Waals surface area contributed by atoms with Gasteiger partial charge in [0, 0.05) is 13.1 Å². The van der Waals surface area contributed by atoms with Crippen molar-refractivity contribution in [3.63, 3.8) is 0 Å². The third-order valence-corrected chi connectivity index (χ3v) is 9.16. The first-order chi connectivity index (χ1) is 17.9. The van der Waals surface area contributed by atoms with Crippen LogP contribution in [0.5, 0.6) is 5.75 Å². The van der Waals surface area contributed by atoms with E-state index in [1.807, 2.05) is 6.07 Å². The predicted molar refractivity (Wildman–Crippen MR) is 141 cm³/mol. The van der Waals surface area contributed by atoms with E-state index in [0.29, 0.717) is 55.6 Å². The van der Waals surface area contributed by atoms with E-state index >= 15 is 0 Å². The van der Waals surface area contributed by atoms with Gasteiger partial charge in [0.25, 0.3) is 0 Å². The summed E-state index contributed by atoms with van der Waals surface area (Å²) in [5, 5.41) is 0. The lowest BCUT2D eigenvalue weighted by Gasteiger charge is -2.32. The van der Waals surface area contributed by atoms with Crippen molar-refractivity contribution in [1.82, 2.24) is 28.7 Å². The average Bonchev–Trinajstić information content (AvgIpc) is 3.33. The summed E-state index contributed by atoms with van der Waals surface area (Å²) in [6.07, 6.45) is 4.30. The summed E-state index contributed by atoms with van der Waals surface area (Å²) in [6, 6.07) is 6.20. The Hall–Kier alpha value is -3.00. The molecule has 12 nitrogen and oxygen atoms in total. The molecule has 0 atom stereocenters. The summed E-state index contributed by atoms with van der Waals surface area (Å²) in [7, 11) is -1.56. The maximum Gasteiger partial charge on any atom is 0.224 e. The summed E-state index contributed by atoms with van der Waals surface area (Å²) in [5.74, 6) is 1.64. The van der Waals surface area contributed by atoms with Crippen LogP contribution in [0.1, 0.15) is 30.7 Å². The molecule has 0 bridgehead atoms. The fourth-order valence-electron chi connectivity index (χ4n) is 5.18. The van der Waals surface area contributed by atoms with E-state index in [1.165, 1.54) is 5.56 Å². The van der Waals surface area contributed by atoms with Crippen LogP contribution in [0.3, 0.4) is 0 Å². The molecule has 3 aromatic rings. The van der Waals surface area contributed by atoms with Crippen molar-refractivity contribution in [2.45, 2.75) is 25.2 Å². The fourth-order valence-corrected chi connectivity index (χ4v) is 6.63. The summed E-state index contributed by atoms with van der Waals surface area (Å²) in [6.45, 7) is 4.55. The number of aromatic nitrogens is 4. The maximum atomic E-state index is 12.6. The quantitative estimate of drug-likeness (QED) is 0.434. The molecule has 2 aromatic heterocycles. The molecule has 37 heavy (non-hydrogen) atoms. The molecule has 1 aromatic carbocycles. The first-order valence-corrected chi connectivity index (χ1v) is 14.2. The van der Waals surface area contributed by atoms with Gasteiger partial charge in [-0.25, -0.2) is 13.4 Å². The second-order valence-electron chi connectivity index (χ2n) is 9.48. The Labute approximate surface area is 216 Å². The van der Waals surface area contributed by atoms with Crippen LogP contribution in [0.25, 0.3) is 16.9 Å². The Kier molecular flexibility index (Phi) is 7.47. The van der Waals surface area contributed by atoms with Gasteiger partial charge in [-0.3, -0.25) is 4.57 Å². The molecular weight excluding hydrogens is 496 g/mol. The van der Waals surface area contributed by atoms with E-state index in [4.69, 9.17) is 20.9 Å². The molecular formula is C24H34N8O4S. The van der Waals surface area contributed by atoms with Gasteiger partial charge < -0.3 is 25.8 Å². The molecule has 2 aliphatic heterocycles. The Morgan fingerprint density at radius 1 is 1.11 bits per heavy atom. The second-order valence-corrected chi connectivity index (χ2v) is 11.6. The molecule has 2 aliphatic rings. The van der Waals surface area contributed by atoms with E-state index in [0.717, 1.165) is 38.2 Å². The minimum Gasteiger partial charge on any atom is -0.495 e. The lowest BCUT2D eigenvalue weighted by molar-refractivity contribution is 0.0730. The first-order valence-electron chi connectivity index (χ1n) is 12.6. The summed E-state index contributed by atoms with van der Waals surface area (Å²) in [4.78, 5) is 15.0. The monoisotopic (exact) mass is 530 g/mol. The molecule has 0 amide bonds. The number of imidazole rings is 1. The standard InChI is InChI=1S/C24H34N8O4S/c1-35-20-15-18(3-4-19(20)32-16-27-21-22(25)28-24(26)29-23(21)32)17-5-8-30(9-6-17)7-2-14-37(33,34)31-10-12-36-13-11-31/h3-4,15-17H,2,5-14H2,1H3,(H4,25,26,28,29). The Morgan fingerprint density at radius 2 is 1.86 bits per heavy atom. The van der Waals surface area contributed by atoms with E-state index < -0.39 is 10.0 Å². The second kappa shape index (κ2) is 10.8. The van der Waals surface area contributed by atoms with Crippen molar-refractivity contribution < 1.29 is 17.9 Å². The Bertz CT molecular complexity index is 1350.